The minimum Gasteiger partial charge on any atom is -0.494 e. The van der Waals surface area contributed by atoms with E-state index in [0.29, 0.717) is 47.4 Å². The molecule has 34 heavy (non-hydrogen) atoms. The number of fused-ring (bicyclic) bond motifs is 1. The highest BCUT2D eigenvalue weighted by Gasteiger charge is 2.13. The average Bonchev–Trinajstić information content (AvgIpc) is 2.86. The van der Waals surface area contributed by atoms with Crippen LogP contribution in [0.4, 0.5) is 17.2 Å². The van der Waals surface area contributed by atoms with Crippen molar-refractivity contribution in [3.8, 4) is 18.1 Å². The zero-order chi connectivity index (χ0) is 24.3. The molecule has 0 aliphatic heterocycles. The molecule has 0 spiro atoms. The highest BCUT2D eigenvalue weighted by Crippen LogP contribution is 2.33. The molecule has 4 N–H and O–H groups in total. The number of benzene rings is 2. The second-order valence-electron chi connectivity index (χ2n) is 7.64. The van der Waals surface area contributed by atoms with Crippen molar-refractivity contribution in [3.63, 3.8) is 0 Å². The lowest BCUT2D eigenvalue weighted by Crippen LogP contribution is -2.17. The second-order valence-corrected chi connectivity index (χ2v) is 7.64. The lowest BCUT2D eigenvalue weighted by Gasteiger charge is -2.14. The van der Waals surface area contributed by atoms with Crippen LogP contribution in [0.25, 0.3) is 10.9 Å². The van der Waals surface area contributed by atoms with Gasteiger partial charge in [0.15, 0.2) is 0 Å². The number of rotatable bonds is 11. The number of anilines is 3. The van der Waals surface area contributed by atoms with Crippen molar-refractivity contribution in [2.75, 3.05) is 17.7 Å². The van der Waals surface area contributed by atoms with Crippen LogP contribution in [0.5, 0.6) is 5.75 Å². The van der Waals surface area contributed by atoms with E-state index >= 15 is 0 Å². The molecular formula is C25H27N5O4. The molecule has 1 aromatic heterocycles. The first-order valence-corrected chi connectivity index (χ1v) is 10.9. The molecule has 3 rings (SSSR count). The molecule has 0 atom stereocenters. The normalized spacial score (nSPS) is 10.4. The van der Waals surface area contributed by atoms with Crippen LogP contribution in [-0.4, -0.2) is 34.1 Å². The lowest BCUT2D eigenvalue weighted by molar-refractivity contribution is -0.129. The van der Waals surface area contributed by atoms with E-state index in [0.717, 1.165) is 24.1 Å². The highest BCUT2D eigenvalue weighted by molar-refractivity contribution is 5.99. The van der Waals surface area contributed by atoms with Crippen molar-refractivity contribution < 1.29 is 19.5 Å². The van der Waals surface area contributed by atoms with Crippen LogP contribution in [0.1, 0.15) is 44.1 Å². The van der Waals surface area contributed by atoms with Crippen LogP contribution in [0, 0.1) is 12.3 Å². The Kier molecular flexibility index (Phi) is 8.77. The predicted octanol–water partition coefficient (Wildman–Crippen LogP) is 4.15. The minimum absolute atomic E-state index is 0.140. The third-order valence-electron chi connectivity index (χ3n) is 5.21. The number of hydroxylamine groups is 1. The summed E-state index contributed by atoms with van der Waals surface area (Å²) in [5, 5.41) is 15.4. The van der Waals surface area contributed by atoms with Gasteiger partial charge in [0.05, 0.1) is 18.3 Å². The Morgan fingerprint density at radius 2 is 1.82 bits per heavy atom. The minimum atomic E-state index is -0.400. The summed E-state index contributed by atoms with van der Waals surface area (Å²) in [6, 6.07) is 11.0. The van der Waals surface area contributed by atoms with Gasteiger partial charge in [0.2, 0.25) is 11.8 Å². The largest absolute Gasteiger partial charge is 0.494 e. The number of amides is 2. The molecule has 2 amide bonds. The molecule has 0 radical (unpaired) electrons. The van der Waals surface area contributed by atoms with E-state index in [-0.39, 0.29) is 12.3 Å². The van der Waals surface area contributed by atoms with Gasteiger partial charge in [-0.15, -0.1) is 6.42 Å². The van der Waals surface area contributed by atoms with E-state index in [2.05, 4.69) is 26.5 Å². The molecule has 176 valence electrons. The predicted molar refractivity (Wildman–Crippen MR) is 130 cm³/mol. The third kappa shape index (κ3) is 6.67. The average molecular weight is 462 g/mol. The molecule has 0 bridgehead atoms. The maximum Gasteiger partial charge on any atom is 0.243 e. The maximum atomic E-state index is 12.5. The standard InChI is InChI=1S/C25H27N5O4/c1-3-17-9-8-10-18(13-17)28-25-19-14-21(22(34-2)15-20(19)26-16-27-25)29-23(31)11-6-4-5-7-12-24(32)30-33/h1,8-10,13-16,33H,4-7,11-12H2,2H3,(H,29,31)(H,30,32)(H,26,27,28). The molecule has 1 heterocycles. The summed E-state index contributed by atoms with van der Waals surface area (Å²) in [4.78, 5) is 32.2. The molecule has 0 aliphatic rings. The zero-order valence-corrected chi connectivity index (χ0v) is 18.9. The van der Waals surface area contributed by atoms with E-state index in [9.17, 15) is 9.59 Å². The van der Waals surface area contributed by atoms with Gasteiger partial charge in [-0.1, -0.05) is 24.8 Å². The Bertz CT molecular complexity index is 1210. The maximum absolute atomic E-state index is 12.5. The van der Waals surface area contributed by atoms with Gasteiger partial charge in [-0.25, -0.2) is 15.4 Å². The first kappa shape index (κ1) is 24.5. The van der Waals surface area contributed by atoms with Crippen LogP contribution in [-0.2, 0) is 9.59 Å². The quantitative estimate of drug-likeness (QED) is 0.146. The summed E-state index contributed by atoms with van der Waals surface area (Å²) in [6.07, 6.45) is 10.5. The number of nitrogens with one attached hydrogen (secondary N) is 3. The summed E-state index contributed by atoms with van der Waals surface area (Å²) in [7, 11) is 1.53. The second kappa shape index (κ2) is 12.2. The van der Waals surface area contributed by atoms with Crippen molar-refractivity contribution in [2.45, 2.75) is 38.5 Å². The van der Waals surface area contributed by atoms with Gasteiger partial charge in [0, 0.05) is 35.5 Å². The molecule has 0 fully saturated rings. The Labute approximate surface area is 197 Å². The lowest BCUT2D eigenvalue weighted by atomic mass is 10.1. The molecule has 9 nitrogen and oxygen atoms in total. The number of ether oxygens (including phenoxy) is 1. The number of hydrogen-bond donors (Lipinski definition) is 4. The Balaban J connectivity index is 1.69. The van der Waals surface area contributed by atoms with Gasteiger partial charge >= 0.3 is 0 Å². The third-order valence-corrected chi connectivity index (χ3v) is 5.21. The van der Waals surface area contributed by atoms with Crippen molar-refractivity contribution in [1.82, 2.24) is 15.4 Å². The molecule has 3 aromatic rings. The molecule has 0 saturated heterocycles. The van der Waals surface area contributed by atoms with Crippen LogP contribution in [0.15, 0.2) is 42.7 Å². The molecule has 0 unspecified atom stereocenters. The monoisotopic (exact) mass is 461 g/mol. The fourth-order valence-electron chi connectivity index (χ4n) is 3.47. The molecule has 0 saturated carbocycles. The Hall–Kier alpha value is -4.16. The van der Waals surface area contributed by atoms with Crippen LogP contribution >= 0.6 is 0 Å². The summed E-state index contributed by atoms with van der Waals surface area (Å²) in [5.74, 6) is 3.14. The van der Waals surface area contributed by atoms with Crippen molar-refractivity contribution >= 4 is 39.9 Å². The van der Waals surface area contributed by atoms with E-state index < -0.39 is 5.91 Å². The highest BCUT2D eigenvalue weighted by atomic mass is 16.5. The first-order chi connectivity index (χ1) is 16.5. The molecule has 2 aromatic carbocycles. The van der Waals surface area contributed by atoms with Crippen LogP contribution in [0.2, 0.25) is 0 Å². The van der Waals surface area contributed by atoms with E-state index in [1.54, 1.807) is 17.6 Å². The fourth-order valence-corrected chi connectivity index (χ4v) is 3.47. The zero-order valence-electron chi connectivity index (χ0n) is 18.9. The number of hydrogen-bond acceptors (Lipinski definition) is 7. The van der Waals surface area contributed by atoms with Gasteiger partial charge in [-0.2, -0.15) is 0 Å². The summed E-state index contributed by atoms with van der Waals surface area (Å²) in [5.41, 5.74) is 4.32. The summed E-state index contributed by atoms with van der Waals surface area (Å²) < 4.78 is 5.46. The van der Waals surface area contributed by atoms with Crippen LogP contribution < -0.4 is 20.9 Å². The number of unbranched alkanes of at least 4 members (excludes halogenated alkanes) is 3. The summed E-state index contributed by atoms with van der Waals surface area (Å²) in [6.45, 7) is 0. The number of carbonyl (C=O) groups is 2. The number of carbonyl (C=O) groups excluding carboxylic acids is 2. The van der Waals surface area contributed by atoms with Gasteiger partial charge in [0.1, 0.15) is 17.9 Å². The molecular weight excluding hydrogens is 434 g/mol. The molecule has 0 aliphatic carbocycles. The van der Waals surface area contributed by atoms with Gasteiger partial charge in [-0.3, -0.25) is 14.8 Å². The number of nitrogens with zero attached hydrogens (tertiary/aromatic N) is 2. The summed E-state index contributed by atoms with van der Waals surface area (Å²) >= 11 is 0. The number of methoxy groups -OCH3 is 1. The van der Waals surface area contributed by atoms with Crippen molar-refractivity contribution in [3.05, 3.63) is 48.3 Å². The topological polar surface area (TPSA) is 125 Å². The van der Waals surface area contributed by atoms with Crippen molar-refractivity contribution in [1.29, 1.82) is 0 Å². The Morgan fingerprint density at radius 3 is 2.53 bits per heavy atom. The van der Waals surface area contributed by atoms with E-state index in [4.69, 9.17) is 16.4 Å². The van der Waals surface area contributed by atoms with Crippen molar-refractivity contribution in [2.24, 2.45) is 0 Å². The Morgan fingerprint density at radius 1 is 1.06 bits per heavy atom. The van der Waals surface area contributed by atoms with Crippen LogP contribution in [0.3, 0.4) is 0 Å². The van der Waals surface area contributed by atoms with E-state index in [1.165, 1.54) is 13.4 Å². The first-order valence-electron chi connectivity index (χ1n) is 10.9. The van der Waals surface area contributed by atoms with Gasteiger partial charge in [-0.05, 0) is 37.1 Å². The molecule has 9 heteroatoms. The smallest absolute Gasteiger partial charge is 0.243 e. The SMILES string of the molecule is C#Cc1cccc(Nc2ncnc3cc(OC)c(NC(=O)CCCCCCC(=O)NO)cc23)c1. The van der Waals surface area contributed by atoms with E-state index in [1.807, 2.05) is 24.3 Å². The number of terminal acetylenes is 1. The van der Waals surface area contributed by atoms with Gasteiger partial charge < -0.3 is 15.4 Å². The fraction of sp³-hybridized carbons (Fsp3) is 0.280. The van der Waals surface area contributed by atoms with Gasteiger partial charge in [0.25, 0.3) is 0 Å². The number of aromatic nitrogens is 2.